The highest BCUT2D eigenvalue weighted by Gasteiger charge is 2.13. The Morgan fingerprint density at radius 1 is 1.15 bits per heavy atom. The van der Waals surface area contributed by atoms with Crippen molar-refractivity contribution in [2.75, 3.05) is 0 Å². The Kier molecular flexibility index (Phi) is 3.28. The quantitative estimate of drug-likeness (QED) is 0.678. The van der Waals surface area contributed by atoms with Crippen LogP contribution in [0.2, 0.25) is 0 Å². The molecule has 0 N–H and O–H groups in total. The fourth-order valence-electron chi connectivity index (χ4n) is 1.60. The molecule has 6 nitrogen and oxygen atoms in total. The second kappa shape index (κ2) is 5.40. The highest BCUT2D eigenvalue weighted by atomic mass is 16.5. The lowest BCUT2D eigenvalue weighted by Crippen LogP contribution is -2.05. The van der Waals surface area contributed by atoms with Crippen LogP contribution < -0.4 is 0 Å². The van der Waals surface area contributed by atoms with E-state index in [0.717, 1.165) is 0 Å². The fourth-order valence-corrected chi connectivity index (χ4v) is 1.60. The van der Waals surface area contributed by atoms with Gasteiger partial charge in [0.1, 0.15) is 0 Å². The zero-order valence-electron chi connectivity index (χ0n) is 10.4. The summed E-state index contributed by atoms with van der Waals surface area (Å²) in [6.07, 6.45) is 1.51. The Morgan fingerprint density at radius 3 is 2.75 bits per heavy atom. The molecule has 0 saturated heterocycles. The molecule has 2 heterocycles. The SMILES string of the molecule is O=C(OCc1noc(-c2ccco2)n1)c1ccccc1. The van der Waals surface area contributed by atoms with E-state index < -0.39 is 5.97 Å². The topological polar surface area (TPSA) is 78.4 Å². The minimum Gasteiger partial charge on any atom is -0.459 e. The molecule has 0 aliphatic carbocycles. The molecule has 0 amide bonds. The van der Waals surface area contributed by atoms with E-state index in [1.807, 2.05) is 6.07 Å². The van der Waals surface area contributed by atoms with Crippen LogP contribution in [-0.4, -0.2) is 16.1 Å². The van der Waals surface area contributed by atoms with Crippen molar-refractivity contribution in [1.29, 1.82) is 0 Å². The smallest absolute Gasteiger partial charge is 0.338 e. The summed E-state index contributed by atoms with van der Waals surface area (Å²) in [5.74, 6) is 0.564. The minimum atomic E-state index is -0.435. The number of aromatic nitrogens is 2. The molecule has 100 valence electrons. The van der Waals surface area contributed by atoms with E-state index in [9.17, 15) is 4.79 Å². The molecule has 3 rings (SSSR count). The van der Waals surface area contributed by atoms with E-state index in [4.69, 9.17) is 13.7 Å². The Morgan fingerprint density at radius 2 is 2.00 bits per heavy atom. The third kappa shape index (κ3) is 2.59. The standard InChI is InChI=1S/C14H10N2O4/c17-14(10-5-2-1-3-6-10)19-9-12-15-13(20-16-12)11-7-4-8-18-11/h1-8H,9H2. The molecule has 2 aromatic heterocycles. The van der Waals surface area contributed by atoms with Gasteiger partial charge in [-0.2, -0.15) is 4.98 Å². The predicted octanol–water partition coefficient (Wildman–Crippen LogP) is 2.69. The Hall–Kier alpha value is -2.89. The first-order chi connectivity index (χ1) is 9.83. The molecule has 0 aliphatic rings. The average molecular weight is 270 g/mol. The van der Waals surface area contributed by atoms with E-state index >= 15 is 0 Å². The number of nitrogens with zero attached hydrogens (tertiary/aromatic N) is 2. The molecular formula is C14H10N2O4. The van der Waals surface area contributed by atoms with Gasteiger partial charge in [-0.05, 0) is 24.3 Å². The number of ether oxygens (including phenoxy) is 1. The Labute approximate surface area is 114 Å². The maximum Gasteiger partial charge on any atom is 0.338 e. The number of hydrogen-bond donors (Lipinski definition) is 0. The van der Waals surface area contributed by atoms with Crippen molar-refractivity contribution in [2.24, 2.45) is 0 Å². The summed E-state index contributed by atoms with van der Waals surface area (Å²) < 4.78 is 15.2. The molecule has 0 bridgehead atoms. The maximum absolute atomic E-state index is 11.7. The van der Waals surface area contributed by atoms with Gasteiger partial charge in [0.25, 0.3) is 5.89 Å². The van der Waals surface area contributed by atoms with Crippen LogP contribution in [0.25, 0.3) is 11.7 Å². The summed E-state index contributed by atoms with van der Waals surface area (Å²) in [6, 6.07) is 12.1. The van der Waals surface area contributed by atoms with Crippen LogP contribution in [-0.2, 0) is 11.3 Å². The van der Waals surface area contributed by atoms with Gasteiger partial charge in [0.2, 0.25) is 5.82 Å². The zero-order valence-corrected chi connectivity index (χ0v) is 10.4. The summed E-state index contributed by atoms with van der Waals surface area (Å²) in [4.78, 5) is 15.8. The van der Waals surface area contributed by atoms with Crippen molar-refractivity contribution >= 4 is 5.97 Å². The number of carbonyl (C=O) groups excluding carboxylic acids is 1. The summed E-state index contributed by atoms with van der Waals surface area (Å²) in [7, 11) is 0. The van der Waals surface area contributed by atoms with Crippen LogP contribution in [0.15, 0.2) is 57.7 Å². The van der Waals surface area contributed by atoms with Gasteiger partial charge in [0.15, 0.2) is 12.4 Å². The predicted molar refractivity (Wildman–Crippen MR) is 67.6 cm³/mol. The lowest BCUT2D eigenvalue weighted by molar-refractivity contribution is 0.0459. The van der Waals surface area contributed by atoms with Crippen LogP contribution in [0.4, 0.5) is 0 Å². The molecule has 1 aromatic carbocycles. The third-order valence-corrected chi connectivity index (χ3v) is 2.54. The van der Waals surface area contributed by atoms with E-state index in [0.29, 0.717) is 11.3 Å². The molecule has 3 aromatic rings. The number of carbonyl (C=O) groups is 1. The third-order valence-electron chi connectivity index (χ3n) is 2.54. The summed E-state index contributed by atoms with van der Waals surface area (Å²) in [6.45, 7) is -0.0576. The van der Waals surface area contributed by atoms with Crippen molar-refractivity contribution in [3.05, 3.63) is 60.1 Å². The molecule has 6 heteroatoms. The van der Waals surface area contributed by atoms with Gasteiger partial charge < -0.3 is 13.7 Å². The molecule has 20 heavy (non-hydrogen) atoms. The van der Waals surface area contributed by atoms with Gasteiger partial charge in [-0.25, -0.2) is 4.79 Å². The molecule has 0 fully saturated rings. The molecule has 0 unspecified atom stereocenters. The second-order valence-corrected chi connectivity index (χ2v) is 3.94. The molecule has 0 spiro atoms. The normalized spacial score (nSPS) is 10.4. The van der Waals surface area contributed by atoms with Crippen molar-refractivity contribution in [3.8, 4) is 11.7 Å². The number of hydrogen-bond acceptors (Lipinski definition) is 6. The van der Waals surface area contributed by atoms with E-state index in [2.05, 4.69) is 10.1 Å². The van der Waals surface area contributed by atoms with Crippen LogP contribution in [0.1, 0.15) is 16.2 Å². The van der Waals surface area contributed by atoms with Gasteiger partial charge in [0.05, 0.1) is 11.8 Å². The Bertz CT molecular complexity index is 689. The van der Waals surface area contributed by atoms with Crippen molar-refractivity contribution in [1.82, 2.24) is 10.1 Å². The second-order valence-electron chi connectivity index (χ2n) is 3.94. The number of esters is 1. The maximum atomic E-state index is 11.7. The van der Waals surface area contributed by atoms with Crippen molar-refractivity contribution in [3.63, 3.8) is 0 Å². The summed E-state index contributed by atoms with van der Waals surface area (Å²) >= 11 is 0. The van der Waals surface area contributed by atoms with E-state index in [-0.39, 0.29) is 18.3 Å². The van der Waals surface area contributed by atoms with Crippen LogP contribution >= 0.6 is 0 Å². The Balaban J connectivity index is 1.63. The van der Waals surface area contributed by atoms with E-state index in [1.54, 1.807) is 36.4 Å². The highest BCUT2D eigenvalue weighted by molar-refractivity contribution is 5.89. The van der Waals surface area contributed by atoms with Gasteiger partial charge in [-0.1, -0.05) is 23.4 Å². The molecule has 0 radical (unpaired) electrons. The summed E-state index contributed by atoms with van der Waals surface area (Å²) in [5, 5.41) is 3.71. The lowest BCUT2D eigenvalue weighted by Gasteiger charge is -2.00. The monoisotopic (exact) mass is 270 g/mol. The first-order valence-electron chi connectivity index (χ1n) is 5.91. The van der Waals surface area contributed by atoms with Crippen LogP contribution in [0, 0.1) is 0 Å². The molecule has 0 saturated carbocycles. The number of furan rings is 1. The minimum absolute atomic E-state index is 0.0576. The van der Waals surface area contributed by atoms with Crippen LogP contribution in [0.5, 0.6) is 0 Å². The largest absolute Gasteiger partial charge is 0.459 e. The number of benzene rings is 1. The van der Waals surface area contributed by atoms with Crippen molar-refractivity contribution in [2.45, 2.75) is 6.61 Å². The molecule has 0 atom stereocenters. The van der Waals surface area contributed by atoms with Crippen molar-refractivity contribution < 1.29 is 18.5 Å². The first-order valence-corrected chi connectivity index (χ1v) is 5.91. The first kappa shape index (κ1) is 12.2. The number of rotatable bonds is 4. The van der Waals surface area contributed by atoms with Crippen LogP contribution in [0.3, 0.4) is 0 Å². The van der Waals surface area contributed by atoms with E-state index in [1.165, 1.54) is 6.26 Å². The fraction of sp³-hybridized carbons (Fsp3) is 0.0714. The van der Waals surface area contributed by atoms with Gasteiger partial charge in [-0.3, -0.25) is 0 Å². The molecular weight excluding hydrogens is 260 g/mol. The lowest BCUT2D eigenvalue weighted by atomic mass is 10.2. The van der Waals surface area contributed by atoms with Gasteiger partial charge in [0, 0.05) is 0 Å². The van der Waals surface area contributed by atoms with Gasteiger partial charge >= 0.3 is 5.97 Å². The highest BCUT2D eigenvalue weighted by Crippen LogP contribution is 2.17. The molecule has 0 aliphatic heterocycles. The zero-order chi connectivity index (χ0) is 13.8. The summed E-state index contributed by atoms with van der Waals surface area (Å²) in [5.41, 5.74) is 0.474. The average Bonchev–Trinajstić information content (AvgIpc) is 3.16. The van der Waals surface area contributed by atoms with Gasteiger partial charge in [-0.15, -0.1) is 0 Å².